The van der Waals surface area contributed by atoms with Gasteiger partial charge in [0.1, 0.15) is 12.2 Å². The number of aromatic nitrogens is 3. The lowest BCUT2D eigenvalue weighted by Crippen LogP contribution is -2.28. The minimum absolute atomic E-state index is 0.554. The van der Waals surface area contributed by atoms with Crippen LogP contribution in [-0.4, -0.2) is 27.8 Å². The van der Waals surface area contributed by atoms with Crippen LogP contribution in [0.5, 0.6) is 0 Å². The van der Waals surface area contributed by atoms with E-state index in [1.165, 1.54) is 12.0 Å². The Balaban J connectivity index is 2.06. The van der Waals surface area contributed by atoms with Crippen molar-refractivity contribution >= 4 is 0 Å². The lowest BCUT2D eigenvalue weighted by Gasteiger charge is -2.11. The van der Waals surface area contributed by atoms with E-state index in [4.69, 9.17) is 0 Å². The predicted octanol–water partition coefficient (Wildman–Crippen LogP) is 2.07. The van der Waals surface area contributed by atoms with E-state index in [0.717, 1.165) is 25.2 Å². The highest BCUT2D eigenvalue weighted by atomic mass is 15.2. The number of rotatable bonds is 7. The Morgan fingerprint density at radius 3 is 3.00 bits per heavy atom. The molecule has 0 aliphatic carbocycles. The van der Waals surface area contributed by atoms with Gasteiger partial charge >= 0.3 is 0 Å². The Labute approximate surface area is 97.6 Å². The molecule has 0 bridgehead atoms. The molecule has 1 heterocycles. The van der Waals surface area contributed by atoms with Gasteiger partial charge in [-0.05, 0) is 33.6 Å². The number of hydrogen-bond acceptors (Lipinski definition) is 3. The normalized spacial score (nSPS) is 12.4. The van der Waals surface area contributed by atoms with E-state index in [2.05, 4.69) is 47.3 Å². The number of nitrogens with zero attached hydrogens (tertiary/aromatic N) is 2. The highest BCUT2D eigenvalue weighted by molar-refractivity contribution is 4.93. The number of hydrogen-bond donors (Lipinski definition) is 2. The zero-order chi connectivity index (χ0) is 11.8. The van der Waals surface area contributed by atoms with Gasteiger partial charge in [-0.3, -0.25) is 5.10 Å². The molecule has 1 atom stereocenters. The lowest BCUT2D eigenvalue weighted by molar-refractivity contribution is 0.517. The Morgan fingerprint density at radius 1 is 1.56 bits per heavy atom. The van der Waals surface area contributed by atoms with Gasteiger partial charge in [-0.15, -0.1) is 0 Å². The molecule has 1 rings (SSSR count). The Hall–Kier alpha value is -1.16. The van der Waals surface area contributed by atoms with Crippen molar-refractivity contribution in [3.05, 3.63) is 23.8 Å². The van der Waals surface area contributed by atoms with Crippen LogP contribution >= 0.6 is 0 Å². The molecule has 0 aliphatic heterocycles. The van der Waals surface area contributed by atoms with Gasteiger partial charge < -0.3 is 5.32 Å². The van der Waals surface area contributed by atoms with Crippen LogP contribution in [0, 0.1) is 0 Å². The molecule has 1 aromatic rings. The molecule has 16 heavy (non-hydrogen) atoms. The molecule has 0 spiro atoms. The molecule has 2 N–H and O–H groups in total. The molecule has 90 valence electrons. The monoisotopic (exact) mass is 222 g/mol. The minimum atomic E-state index is 0.554. The van der Waals surface area contributed by atoms with Crippen LogP contribution in [0.15, 0.2) is 18.0 Å². The Morgan fingerprint density at radius 2 is 2.38 bits per heavy atom. The first-order chi connectivity index (χ1) is 7.68. The van der Waals surface area contributed by atoms with Crippen molar-refractivity contribution in [1.29, 1.82) is 0 Å². The van der Waals surface area contributed by atoms with Gasteiger partial charge in [-0.2, -0.15) is 5.10 Å². The molecule has 0 amide bonds. The summed E-state index contributed by atoms with van der Waals surface area (Å²) in [6, 6.07) is 0.554. The number of nitrogens with one attached hydrogen (secondary N) is 2. The van der Waals surface area contributed by atoms with Crippen LogP contribution < -0.4 is 5.32 Å². The first-order valence-corrected chi connectivity index (χ1v) is 5.89. The van der Waals surface area contributed by atoms with Gasteiger partial charge in [0, 0.05) is 19.0 Å². The maximum absolute atomic E-state index is 4.08. The first-order valence-electron chi connectivity index (χ1n) is 5.89. The van der Waals surface area contributed by atoms with Crippen molar-refractivity contribution in [2.75, 3.05) is 6.54 Å². The predicted molar refractivity (Wildman–Crippen MR) is 66.2 cm³/mol. The molecular formula is C12H22N4. The van der Waals surface area contributed by atoms with Crippen LogP contribution in [0.4, 0.5) is 0 Å². The van der Waals surface area contributed by atoms with Crippen LogP contribution in [-0.2, 0) is 6.42 Å². The van der Waals surface area contributed by atoms with E-state index in [1.807, 2.05) is 0 Å². The molecule has 1 unspecified atom stereocenters. The second-order valence-corrected chi connectivity index (χ2v) is 4.40. The largest absolute Gasteiger partial charge is 0.314 e. The van der Waals surface area contributed by atoms with E-state index in [1.54, 1.807) is 6.33 Å². The van der Waals surface area contributed by atoms with E-state index in [9.17, 15) is 0 Å². The molecule has 1 aromatic heterocycles. The summed E-state index contributed by atoms with van der Waals surface area (Å²) < 4.78 is 0. The molecule has 0 aromatic carbocycles. The Kier molecular flexibility index (Phi) is 5.78. The quantitative estimate of drug-likeness (QED) is 0.694. The summed E-state index contributed by atoms with van der Waals surface area (Å²) in [5, 5.41) is 10.2. The standard InChI is InChI=1S/C12H22N4/c1-10(2)5-4-6-11(3)13-8-7-12-14-9-15-16-12/h5,9,11,13H,4,6-8H2,1-3H3,(H,14,15,16). The topological polar surface area (TPSA) is 53.6 Å². The highest BCUT2D eigenvalue weighted by Crippen LogP contribution is 2.01. The Bertz CT molecular complexity index is 299. The first kappa shape index (κ1) is 12.9. The van der Waals surface area contributed by atoms with Gasteiger partial charge in [0.15, 0.2) is 0 Å². The van der Waals surface area contributed by atoms with E-state index in [0.29, 0.717) is 6.04 Å². The third-order valence-electron chi connectivity index (χ3n) is 2.47. The summed E-state index contributed by atoms with van der Waals surface area (Å²) in [6.45, 7) is 7.45. The fourth-order valence-corrected chi connectivity index (χ4v) is 1.51. The van der Waals surface area contributed by atoms with Crippen molar-refractivity contribution in [1.82, 2.24) is 20.5 Å². The van der Waals surface area contributed by atoms with Gasteiger partial charge in [0.05, 0.1) is 0 Å². The van der Waals surface area contributed by atoms with Crippen molar-refractivity contribution in [2.24, 2.45) is 0 Å². The zero-order valence-corrected chi connectivity index (χ0v) is 10.5. The molecule has 0 saturated heterocycles. The molecule has 0 aliphatic rings. The van der Waals surface area contributed by atoms with E-state index >= 15 is 0 Å². The summed E-state index contributed by atoms with van der Waals surface area (Å²) in [7, 11) is 0. The van der Waals surface area contributed by atoms with Crippen molar-refractivity contribution in [2.45, 2.75) is 46.1 Å². The lowest BCUT2D eigenvalue weighted by atomic mass is 10.1. The summed E-state index contributed by atoms with van der Waals surface area (Å²) in [4.78, 5) is 4.08. The molecular weight excluding hydrogens is 200 g/mol. The summed E-state index contributed by atoms with van der Waals surface area (Å²) in [6.07, 6.45) is 7.08. The average Bonchev–Trinajstić information content (AvgIpc) is 2.70. The maximum Gasteiger partial charge on any atom is 0.137 e. The third kappa shape index (κ3) is 5.66. The fraction of sp³-hybridized carbons (Fsp3) is 0.667. The fourth-order valence-electron chi connectivity index (χ4n) is 1.51. The van der Waals surface area contributed by atoms with Crippen LogP contribution in [0.2, 0.25) is 0 Å². The molecule has 4 heteroatoms. The average molecular weight is 222 g/mol. The second kappa shape index (κ2) is 7.17. The van der Waals surface area contributed by atoms with Crippen LogP contribution in [0.1, 0.15) is 39.4 Å². The van der Waals surface area contributed by atoms with Crippen molar-refractivity contribution in [3.8, 4) is 0 Å². The van der Waals surface area contributed by atoms with Gasteiger partial charge in [-0.25, -0.2) is 4.98 Å². The molecule has 0 saturated carbocycles. The van der Waals surface area contributed by atoms with Gasteiger partial charge in [0.25, 0.3) is 0 Å². The summed E-state index contributed by atoms with van der Waals surface area (Å²) >= 11 is 0. The third-order valence-corrected chi connectivity index (χ3v) is 2.47. The second-order valence-electron chi connectivity index (χ2n) is 4.40. The van der Waals surface area contributed by atoms with E-state index in [-0.39, 0.29) is 0 Å². The van der Waals surface area contributed by atoms with Crippen LogP contribution in [0.25, 0.3) is 0 Å². The van der Waals surface area contributed by atoms with E-state index < -0.39 is 0 Å². The smallest absolute Gasteiger partial charge is 0.137 e. The number of aromatic amines is 1. The van der Waals surface area contributed by atoms with Gasteiger partial charge in [0.2, 0.25) is 0 Å². The zero-order valence-electron chi connectivity index (χ0n) is 10.5. The number of allylic oxidation sites excluding steroid dienone is 2. The van der Waals surface area contributed by atoms with Crippen molar-refractivity contribution in [3.63, 3.8) is 0 Å². The molecule has 0 radical (unpaired) electrons. The van der Waals surface area contributed by atoms with Crippen molar-refractivity contribution < 1.29 is 0 Å². The van der Waals surface area contributed by atoms with Crippen LogP contribution in [0.3, 0.4) is 0 Å². The maximum atomic E-state index is 4.08. The molecule has 0 fully saturated rings. The minimum Gasteiger partial charge on any atom is -0.314 e. The SMILES string of the molecule is CC(C)=CCCC(C)NCCc1ncn[nH]1. The summed E-state index contributed by atoms with van der Waals surface area (Å²) in [5.41, 5.74) is 1.40. The van der Waals surface area contributed by atoms with Gasteiger partial charge in [-0.1, -0.05) is 11.6 Å². The highest BCUT2D eigenvalue weighted by Gasteiger charge is 2.00. The molecule has 4 nitrogen and oxygen atoms in total. The summed E-state index contributed by atoms with van der Waals surface area (Å²) in [5.74, 6) is 0.948. The number of H-pyrrole nitrogens is 1.